The van der Waals surface area contributed by atoms with Crippen LogP contribution in [0, 0.1) is 0 Å². The Bertz CT molecular complexity index is 276. The van der Waals surface area contributed by atoms with Gasteiger partial charge < -0.3 is 5.32 Å². The third-order valence-electron chi connectivity index (χ3n) is 3.13. The van der Waals surface area contributed by atoms with Crippen LogP contribution in [0.25, 0.3) is 0 Å². The van der Waals surface area contributed by atoms with Crippen LogP contribution in [0.15, 0.2) is 24.3 Å². The maximum atomic E-state index is 3.45. The van der Waals surface area contributed by atoms with Gasteiger partial charge in [0.05, 0.1) is 0 Å². The van der Waals surface area contributed by atoms with Crippen molar-refractivity contribution in [1.82, 2.24) is 0 Å². The molecule has 1 aromatic rings. The highest BCUT2D eigenvalue weighted by Crippen LogP contribution is 2.12. The molecule has 0 spiro atoms. The number of anilines is 1. The molecule has 1 N–H and O–H groups in total. The average Bonchev–Trinajstić information content (AvgIpc) is 2.37. The van der Waals surface area contributed by atoms with E-state index in [0.29, 0.717) is 0 Å². The molecule has 0 atom stereocenters. The Morgan fingerprint density at radius 2 is 1.53 bits per heavy atom. The highest BCUT2D eigenvalue weighted by atomic mass is 14.9. The van der Waals surface area contributed by atoms with Crippen LogP contribution < -0.4 is 5.32 Å². The minimum absolute atomic E-state index is 1.09. The summed E-state index contributed by atoms with van der Waals surface area (Å²) in [6.45, 7) is 5.57. The summed E-state index contributed by atoms with van der Waals surface area (Å²) in [6.07, 6.45) is 9.12. The molecule has 0 aliphatic carbocycles. The van der Waals surface area contributed by atoms with Crippen molar-refractivity contribution in [1.29, 1.82) is 0 Å². The van der Waals surface area contributed by atoms with Crippen LogP contribution in [0.2, 0.25) is 0 Å². The van der Waals surface area contributed by atoms with E-state index in [0.717, 1.165) is 6.54 Å². The van der Waals surface area contributed by atoms with E-state index in [4.69, 9.17) is 0 Å². The topological polar surface area (TPSA) is 12.0 Å². The molecule has 0 fully saturated rings. The predicted molar refractivity (Wildman–Crippen MR) is 77.7 cm³/mol. The van der Waals surface area contributed by atoms with E-state index >= 15 is 0 Å². The lowest BCUT2D eigenvalue weighted by Crippen LogP contribution is -2.00. The molecule has 0 heterocycles. The first-order chi connectivity index (χ1) is 8.36. The molecule has 96 valence electrons. The summed E-state index contributed by atoms with van der Waals surface area (Å²) >= 11 is 0. The largest absolute Gasteiger partial charge is 0.385 e. The van der Waals surface area contributed by atoms with Gasteiger partial charge in [-0.25, -0.2) is 0 Å². The second-order valence-electron chi connectivity index (χ2n) is 4.79. The minimum atomic E-state index is 1.09. The van der Waals surface area contributed by atoms with Crippen LogP contribution in [-0.4, -0.2) is 6.54 Å². The van der Waals surface area contributed by atoms with Crippen molar-refractivity contribution in [2.24, 2.45) is 0 Å². The van der Waals surface area contributed by atoms with Gasteiger partial charge in [-0.1, -0.05) is 51.7 Å². The molecular weight excluding hydrogens is 206 g/mol. The van der Waals surface area contributed by atoms with Crippen LogP contribution in [0.3, 0.4) is 0 Å². The predicted octanol–water partition coefficient (Wildman–Crippen LogP) is 5.02. The van der Waals surface area contributed by atoms with E-state index in [1.807, 2.05) is 0 Å². The summed E-state index contributed by atoms with van der Waals surface area (Å²) in [7, 11) is 0. The van der Waals surface area contributed by atoms with E-state index in [2.05, 4.69) is 43.4 Å². The van der Waals surface area contributed by atoms with E-state index in [1.165, 1.54) is 56.2 Å². The van der Waals surface area contributed by atoms with Crippen molar-refractivity contribution in [3.05, 3.63) is 29.8 Å². The maximum Gasteiger partial charge on any atom is 0.0340 e. The molecule has 0 aromatic heterocycles. The van der Waals surface area contributed by atoms with Gasteiger partial charge in [-0.2, -0.15) is 0 Å². The molecule has 1 nitrogen and oxygen atoms in total. The second-order valence-corrected chi connectivity index (χ2v) is 4.79. The van der Waals surface area contributed by atoms with E-state index in [1.54, 1.807) is 0 Å². The molecule has 1 heteroatoms. The molecule has 0 amide bonds. The fourth-order valence-electron chi connectivity index (χ4n) is 1.95. The van der Waals surface area contributed by atoms with Crippen molar-refractivity contribution < 1.29 is 0 Å². The zero-order valence-corrected chi connectivity index (χ0v) is 11.5. The van der Waals surface area contributed by atoms with Gasteiger partial charge in [0.15, 0.2) is 0 Å². The summed E-state index contributed by atoms with van der Waals surface area (Å²) in [5.41, 5.74) is 2.73. The summed E-state index contributed by atoms with van der Waals surface area (Å²) in [4.78, 5) is 0. The standard InChI is InChI=1S/C16H27N/c1-3-5-7-8-9-15-10-12-16(13-11-15)17-14-6-4-2/h10-13,17H,3-9,14H2,1-2H3. The number of rotatable bonds is 9. The number of unbranched alkanes of at least 4 members (excludes halogenated alkanes) is 4. The first-order valence-corrected chi connectivity index (χ1v) is 7.19. The Morgan fingerprint density at radius 3 is 2.18 bits per heavy atom. The minimum Gasteiger partial charge on any atom is -0.385 e. The molecule has 0 saturated heterocycles. The van der Waals surface area contributed by atoms with Gasteiger partial charge in [-0.3, -0.25) is 0 Å². The van der Waals surface area contributed by atoms with Crippen LogP contribution in [0.1, 0.15) is 57.9 Å². The quantitative estimate of drug-likeness (QED) is 0.590. The number of hydrogen-bond donors (Lipinski definition) is 1. The summed E-state index contributed by atoms with van der Waals surface area (Å²) in [5, 5.41) is 3.45. The Kier molecular flexibility index (Phi) is 7.53. The van der Waals surface area contributed by atoms with Crippen LogP contribution in [-0.2, 0) is 6.42 Å². The Labute approximate surface area is 107 Å². The van der Waals surface area contributed by atoms with Crippen molar-refractivity contribution >= 4 is 5.69 Å². The Balaban J connectivity index is 2.24. The fourth-order valence-corrected chi connectivity index (χ4v) is 1.95. The molecule has 1 aromatic carbocycles. The van der Waals surface area contributed by atoms with Gasteiger partial charge in [-0.15, -0.1) is 0 Å². The highest BCUT2D eigenvalue weighted by molar-refractivity contribution is 5.44. The van der Waals surface area contributed by atoms with Crippen molar-refractivity contribution in [2.45, 2.75) is 58.8 Å². The first-order valence-electron chi connectivity index (χ1n) is 7.19. The number of hydrogen-bond acceptors (Lipinski definition) is 1. The summed E-state index contributed by atoms with van der Waals surface area (Å²) in [5.74, 6) is 0. The molecule has 0 aliphatic rings. The van der Waals surface area contributed by atoms with Gasteiger partial charge >= 0.3 is 0 Å². The zero-order valence-electron chi connectivity index (χ0n) is 11.5. The number of nitrogens with one attached hydrogen (secondary N) is 1. The normalized spacial score (nSPS) is 10.5. The highest BCUT2D eigenvalue weighted by Gasteiger charge is 1.95. The van der Waals surface area contributed by atoms with E-state index in [9.17, 15) is 0 Å². The third-order valence-corrected chi connectivity index (χ3v) is 3.13. The second kappa shape index (κ2) is 9.09. The van der Waals surface area contributed by atoms with Crippen LogP contribution >= 0.6 is 0 Å². The van der Waals surface area contributed by atoms with Gasteiger partial charge in [0.2, 0.25) is 0 Å². The smallest absolute Gasteiger partial charge is 0.0340 e. The van der Waals surface area contributed by atoms with Crippen LogP contribution in [0.5, 0.6) is 0 Å². The maximum absolute atomic E-state index is 3.45. The zero-order chi connectivity index (χ0) is 12.3. The molecular formula is C16H27N. The number of aryl methyl sites for hydroxylation is 1. The van der Waals surface area contributed by atoms with Gasteiger partial charge in [-0.05, 0) is 37.0 Å². The molecule has 17 heavy (non-hydrogen) atoms. The first kappa shape index (κ1) is 14.1. The van der Waals surface area contributed by atoms with Gasteiger partial charge in [0.25, 0.3) is 0 Å². The van der Waals surface area contributed by atoms with Crippen LogP contribution in [0.4, 0.5) is 5.69 Å². The molecule has 0 bridgehead atoms. The van der Waals surface area contributed by atoms with Crippen molar-refractivity contribution in [3.63, 3.8) is 0 Å². The van der Waals surface area contributed by atoms with Gasteiger partial charge in [0, 0.05) is 12.2 Å². The molecule has 0 saturated carbocycles. The van der Waals surface area contributed by atoms with Crippen molar-refractivity contribution in [3.8, 4) is 0 Å². The lowest BCUT2D eigenvalue weighted by molar-refractivity contribution is 0.667. The van der Waals surface area contributed by atoms with Crippen molar-refractivity contribution in [2.75, 3.05) is 11.9 Å². The Hall–Kier alpha value is -0.980. The Morgan fingerprint density at radius 1 is 0.824 bits per heavy atom. The molecule has 0 radical (unpaired) electrons. The monoisotopic (exact) mass is 233 g/mol. The van der Waals surface area contributed by atoms with E-state index < -0.39 is 0 Å². The lowest BCUT2D eigenvalue weighted by atomic mass is 10.1. The van der Waals surface area contributed by atoms with E-state index in [-0.39, 0.29) is 0 Å². The molecule has 0 aliphatic heterocycles. The fraction of sp³-hybridized carbons (Fsp3) is 0.625. The summed E-state index contributed by atoms with van der Waals surface area (Å²) in [6, 6.07) is 8.95. The molecule has 0 unspecified atom stereocenters. The molecule has 1 rings (SSSR count). The average molecular weight is 233 g/mol. The SMILES string of the molecule is CCCCCCc1ccc(NCCCC)cc1. The third kappa shape index (κ3) is 6.35. The summed E-state index contributed by atoms with van der Waals surface area (Å²) < 4.78 is 0. The number of benzene rings is 1. The van der Waals surface area contributed by atoms with Gasteiger partial charge in [0.1, 0.15) is 0 Å². The lowest BCUT2D eigenvalue weighted by Gasteiger charge is -2.06.